The second-order valence-electron chi connectivity index (χ2n) is 3.76. The van der Waals surface area contributed by atoms with E-state index in [1.807, 2.05) is 0 Å². The molecular formula is C10H14N2O3. The van der Waals surface area contributed by atoms with Gasteiger partial charge in [0.2, 0.25) is 0 Å². The van der Waals surface area contributed by atoms with Gasteiger partial charge in [0.05, 0.1) is 6.54 Å². The average molecular weight is 210 g/mol. The Morgan fingerprint density at radius 2 is 2.47 bits per heavy atom. The van der Waals surface area contributed by atoms with Crippen LogP contribution in [-0.4, -0.2) is 34.2 Å². The zero-order valence-corrected chi connectivity index (χ0v) is 8.69. The van der Waals surface area contributed by atoms with Crippen LogP contribution in [0.4, 0.5) is 0 Å². The maximum absolute atomic E-state index is 10.8. The Bertz CT molecular complexity index is 373. The number of carboxylic acid groups (broad SMARTS) is 1. The van der Waals surface area contributed by atoms with Crippen LogP contribution in [0.2, 0.25) is 0 Å². The standard InChI is InChI=1S/C10H14N2O3/c1-2-4-12-5-3-7-8(6-12)15-11-9(7)10(13)14/h2-6H2,1H3,(H,13,14). The van der Waals surface area contributed by atoms with Gasteiger partial charge >= 0.3 is 5.97 Å². The van der Waals surface area contributed by atoms with Crippen molar-refractivity contribution in [3.63, 3.8) is 0 Å². The molecule has 0 bridgehead atoms. The number of rotatable bonds is 3. The molecule has 0 radical (unpaired) electrons. The molecule has 5 nitrogen and oxygen atoms in total. The second kappa shape index (κ2) is 4.02. The average Bonchev–Trinajstić information content (AvgIpc) is 2.61. The van der Waals surface area contributed by atoms with E-state index in [2.05, 4.69) is 17.0 Å². The SMILES string of the molecule is CCCN1CCc2c(C(=O)O)noc2C1. The molecule has 1 N–H and O–H groups in total. The van der Waals surface area contributed by atoms with Crippen LogP contribution in [0.25, 0.3) is 0 Å². The first-order valence-corrected chi connectivity index (χ1v) is 5.15. The van der Waals surface area contributed by atoms with Gasteiger partial charge in [0, 0.05) is 12.1 Å². The highest BCUT2D eigenvalue weighted by Crippen LogP contribution is 2.22. The Morgan fingerprint density at radius 3 is 3.13 bits per heavy atom. The summed E-state index contributed by atoms with van der Waals surface area (Å²) in [7, 11) is 0. The molecule has 5 heteroatoms. The third-order valence-corrected chi connectivity index (χ3v) is 2.66. The topological polar surface area (TPSA) is 66.6 Å². The molecule has 0 saturated heterocycles. The molecule has 0 unspecified atom stereocenters. The van der Waals surface area contributed by atoms with Crippen molar-refractivity contribution in [1.29, 1.82) is 0 Å². The lowest BCUT2D eigenvalue weighted by Crippen LogP contribution is -2.31. The Labute approximate surface area is 87.7 Å². The van der Waals surface area contributed by atoms with E-state index in [1.54, 1.807) is 0 Å². The smallest absolute Gasteiger partial charge is 0.358 e. The van der Waals surface area contributed by atoms with Crippen LogP contribution in [0.3, 0.4) is 0 Å². The van der Waals surface area contributed by atoms with Gasteiger partial charge in [-0.3, -0.25) is 4.90 Å². The third-order valence-electron chi connectivity index (χ3n) is 2.66. The minimum Gasteiger partial charge on any atom is -0.476 e. The Kier molecular flexibility index (Phi) is 2.73. The van der Waals surface area contributed by atoms with Gasteiger partial charge in [-0.25, -0.2) is 4.79 Å². The molecular weight excluding hydrogens is 196 g/mol. The monoisotopic (exact) mass is 210 g/mol. The Morgan fingerprint density at radius 1 is 1.67 bits per heavy atom. The molecule has 0 spiro atoms. The number of aromatic carboxylic acids is 1. The summed E-state index contributed by atoms with van der Waals surface area (Å²) < 4.78 is 5.05. The molecule has 1 aromatic rings. The second-order valence-corrected chi connectivity index (χ2v) is 3.76. The molecule has 0 amide bonds. The Balaban J connectivity index is 2.18. The van der Waals surface area contributed by atoms with Crippen LogP contribution in [-0.2, 0) is 13.0 Å². The zero-order valence-electron chi connectivity index (χ0n) is 8.69. The van der Waals surface area contributed by atoms with Crippen molar-refractivity contribution in [1.82, 2.24) is 10.1 Å². The number of hydrogen-bond donors (Lipinski definition) is 1. The van der Waals surface area contributed by atoms with Crippen molar-refractivity contribution < 1.29 is 14.4 Å². The lowest BCUT2D eigenvalue weighted by atomic mass is 10.0. The molecule has 0 aromatic carbocycles. The van der Waals surface area contributed by atoms with Crippen LogP contribution < -0.4 is 0 Å². The largest absolute Gasteiger partial charge is 0.476 e. The number of carbonyl (C=O) groups is 1. The normalized spacial score (nSPS) is 16.3. The van der Waals surface area contributed by atoms with Crippen molar-refractivity contribution in [2.24, 2.45) is 0 Å². The van der Waals surface area contributed by atoms with E-state index < -0.39 is 5.97 Å². The van der Waals surface area contributed by atoms with Crippen LogP contribution >= 0.6 is 0 Å². The molecule has 15 heavy (non-hydrogen) atoms. The van der Waals surface area contributed by atoms with Gasteiger partial charge in [-0.2, -0.15) is 0 Å². The van der Waals surface area contributed by atoms with Crippen LogP contribution in [0, 0.1) is 0 Å². The summed E-state index contributed by atoms with van der Waals surface area (Å²) in [5, 5.41) is 12.5. The van der Waals surface area contributed by atoms with Gasteiger partial charge in [0.15, 0.2) is 11.5 Å². The van der Waals surface area contributed by atoms with Gasteiger partial charge in [-0.1, -0.05) is 12.1 Å². The van der Waals surface area contributed by atoms with Crippen molar-refractivity contribution >= 4 is 5.97 Å². The molecule has 0 fully saturated rings. The molecule has 2 rings (SSSR count). The van der Waals surface area contributed by atoms with E-state index >= 15 is 0 Å². The Hall–Kier alpha value is -1.36. The first kappa shape index (κ1) is 10.2. The predicted octanol–water partition coefficient (Wildman–Crippen LogP) is 1.14. The summed E-state index contributed by atoms with van der Waals surface area (Å²) in [5.41, 5.74) is 0.857. The van der Waals surface area contributed by atoms with Crippen molar-refractivity contribution in [2.45, 2.75) is 26.3 Å². The highest BCUT2D eigenvalue weighted by atomic mass is 16.5. The fourth-order valence-electron chi connectivity index (χ4n) is 1.95. The van der Waals surface area contributed by atoms with Crippen molar-refractivity contribution in [3.05, 3.63) is 17.0 Å². The van der Waals surface area contributed by atoms with Gasteiger partial charge in [0.1, 0.15) is 0 Å². The van der Waals surface area contributed by atoms with Crippen molar-refractivity contribution in [2.75, 3.05) is 13.1 Å². The molecule has 0 atom stereocenters. The van der Waals surface area contributed by atoms with E-state index in [4.69, 9.17) is 9.63 Å². The number of fused-ring (bicyclic) bond motifs is 1. The molecule has 0 saturated carbocycles. The van der Waals surface area contributed by atoms with Gasteiger partial charge in [0.25, 0.3) is 0 Å². The minimum absolute atomic E-state index is 0.0844. The number of nitrogens with zero attached hydrogens (tertiary/aromatic N) is 2. The van der Waals surface area contributed by atoms with E-state index in [9.17, 15) is 4.79 Å². The van der Waals surface area contributed by atoms with E-state index in [0.717, 1.165) is 31.5 Å². The summed E-state index contributed by atoms with van der Waals surface area (Å²) in [5.74, 6) is -0.281. The third kappa shape index (κ3) is 1.87. The lowest BCUT2D eigenvalue weighted by molar-refractivity contribution is 0.0684. The summed E-state index contributed by atoms with van der Waals surface area (Å²) in [6, 6.07) is 0. The quantitative estimate of drug-likeness (QED) is 0.810. The molecule has 1 aromatic heterocycles. The van der Waals surface area contributed by atoms with Gasteiger partial charge in [-0.05, 0) is 19.4 Å². The fourth-order valence-corrected chi connectivity index (χ4v) is 1.95. The summed E-state index contributed by atoms with van der Waals surface area (Å²) >= 11 is 0. The highest BCUT2D eigenvalue weighted by molar-refractivity contribution is 5.87. The summed E-state index contributed by atoms with van der Waals surface area (Å²) in [6.07, 6.45) is 1.82. The summed E-state index contributed by atoms with van der Waals surface area (Å²) in [6.45, 7) is 4.72. The van der Waals surface area contributed by atoms with Gasteiger partial charge < -0.3 is 9.63 Å². The lowest BCUT2D eigenvalue weighted by Gasteiger charge is -2.24. The van der Waals surface area contributed by atoms with Crippen LogP contribution in [0.5, 0.6) is 0 Å². The molecule has 1 aliphatic rings. The van der Waals surface area contributed by atoms with Crippen molar-refractivity contribution in [3.8, 4) is 0 Å². The molecule has 2 heterocycles. The molecule has 82 valence electrons. The predicted molar refractivity (Wildman–Crippen MR) is 52.7 cm³/mol. The first-order chi connectivity index (χ1) is 7.22. The van der Waals surface area contributed by atoms with Gasteiger partial charge in [-0.15, -0.1) is 0 Å². The number of carboxylic acids is 1. The van der Waals surface area contributed by atoms with Crippen LogP contribution in [0.1, 0.15) is 35.2 Å². The number of aromatic nitrogens is 1. The number of hydrogen-bond acceptors (Lipinski definition) is 4. The minimum atomic E-state index is -0.996. The zero-order chi connectivity index (χ0) is 10.8. The molecule has 0 aliphatic carbocycles. The summed E-state index contributed by atoms with van der Waals surface area (Å²) in [4.78, 5) is 13.1. The van der Waals surface area contributed by atoms with E-state index in [0.29, 0.717) is 12.3 Å². The maximum atomic E-state index is 10.8. The van der Waals surface area contributed by atoms with E-state index in [-0.39, 0.29) is 5.69 Å². The van der Waals surface area contributed by atoms with E-state index in [1.165, 1.54) is 0 Å². The maximum Gasteiger partial charge on any atom is 0.358 e. The van der Waals surface area contributed by atoms with Crippen LogP contribution in [0.15, 0.2) is 4.52 Å². The highest BCUT2D eigenvalue weighted by Gasteiger charge is 2.26. The molecule has 1 aliphatic heterocycles. The fraction of sp³-hybridized carbons (Fsp3) is 0.600. The first-order valence-electron chi connectivity index (χ1n) is 5.15.